The van der Waals surface area contributed by atoms with Crippen molar-refractivity contribution < 1.29 is 4.79 Å². The first-order chi connectivity index (χ1) is 13.3. The van der Waals surface area contributed by atoms with Gasteiger partial charge in [0.05, 0.1) is 0 Å². The number of nitrogens with one attached hydrogen (secondary N) is 1. The molecule has 1 N–H and O–H groups in total. The summed E-state index contributed by atoms with van der Waals surface area (Å²) in [4.78, 5) is 12.1. The van der Waals surface area contributed by atoms with E-state index in [4.69, 9.17) is 0 Å². The Morgan fingerprint density at radius 2 is 1.33 bits per heavy atom. The van der Waals surface area contributed by atoms with Crippen LogP contribution < -0.4 is 5.32 Å². The molecule has 2 atom stereocenters. The molecule has 0 aliphatic heterocycles. The second-order valence-electron chi connectivity index (χ2n) is 8.42. The van der Waals surface area contributed by atoms with E-state index in [0.29, 0.717) is 18.4 Å². The van der Waals surface area contributed by atoms with E-state index >= 15 is 0 Å². The normalized spacial score (nSPS) is 18.4. The van der Waals surface area contributed by atoms with Crippen molar-refractivity contribution in [1.29, 1.82) is 0 Å². The van der Waals surface area contributed by atoms with E-state index in [1.54, 1.807) is 0 Å². The highest BCUT2D eigenvalue weighted by Crippen LogP contribution is 2.40. The molecule has 1 aliphatic carbocycles. The van der Waals surface area contributed by atoms with Crippen LogP contribution in [-0.4, -0.2) is 11.9 Å². The van der Waals surface area contributed by atoms with Gasteiger partial charge in [-0.05, 0) is 18.4 Å². The molecule has 152 valence electrons. The molecule has 1 amide bonds. The fourth-order valence-corrected chi connectivity index (χ4v) is 4.01. The first kappa shape index (κ1) is 22.0. The minimum atomic E-state index is 0.251. The lowest BCUT2D eigenvalue weighted by Crippen LogP contribution is -2.26. The fraction of sp³-hybridized carbons (Fsp3) is 0.720. The third kappa shape index (κ3) is 9.98. The largest absolute Gasteiger partial charge is 0.353 e. The maximum Gasteiger partial charge on any atom is 0.220 e. The Morgan fingerprint density at radius 1 is 0.815 bits per heavy atom. The van der Waals surface area contributed by atoms with Gasteiger partial charge in [-0.3, -0.25) is 4.79 Å². The van der Waals surface area contributed by atoms with Crippen molar-refractivity contribution in [2.24, 2.45) is 0 Å². The number of amides is 1. The molecule has 0 saturated heterocycles. The zero-order chi connectivity index (χ0) is 19.2. The standard InChI is InChI=1S/C25H41NO/c1-2-3-4-5-6-7-8-9-10-11-12-13-17-20-25(27)26-24-21-23(24)22-18-15-14-16-19-22/h14-16,18-19,23-24H,2-13,17,20-21H2,1H3,(H,26,27). The van der Waals surface area contributed by atoms with Crippen molar-refractivity contribution >= 4 is 5.91 Å². The maximum atomic E-state index is 12.1. The number of hydrogen-bond acceptors (Lipinski definition) is 1. The molecule has 0 radical (unpaired) electrons. The van der Waals surface area contributed by atoms with Crippen LogP contribution >= 0.6 is 0 Å². The van der Waals surface area contributed by atoms with Crippen molar-refractivity contribution in [2.45, 2.75) is 115 Å². The van der Waals surface area contributed by atoms with Crippen LogP contribution in [0.25, 0.3) is 0 Å². The van der Waals surface area contributed by atoms with Gasteiger partial charge >= 0.3 is 0 Å². The molecular formula is C25H41NO. The lowest BCUT2D eigenvalue weighted by molar-refractivity contribution is -0.121. The van der Waals surface area contributed by atoms with Crippen LogP contribution in [0.3, 0.4) is 0 Å². The van der Waals surface area contributed by atoms with Crippen LogP contribution in [0.5, 0.6) is 0 Å². The maximum absolute atomic E-state index is 12.1. The molecule has 1 saturated carbocycles. The van der Waals surface area contributed by atoms with Gasteiger partial charge in [0.1, 0.15) is 0 Å². The van der Waals surface area contributed by atoms with E-state index in [9.17, 15) is 4.79 Å². The van der Waals surface area contributed by atoms with E-state index in [1.165, 1.54) is 82.6 Å². The van der Waals surface area contributed by atoms with Gasteiger partial charge < -0.3 is 5.32 Å². The highest BCUT2D eigenvalue weighted by Gasteiger charge is 2.39. The van der Waals surface area contributed by atoms with E-state index in [2.05, 4.69) is 36.5 Å². The Hall–Kier alpha value is -1.31. The Balaban J connectivity index is 1.34. The molecule has 2 heteroatoms. The second-order valence-corrected chi connectivity index (χ2v) is 8.42. The molecule has 0 heterocycles. The number of carbonyl (C=O) groups is 1. The number of hydrogen-bond donors (Lipinski definition) is 1. The van der Waals surface area contributed by atoms with Crippen molar-refractivity contribution in [1.82, 2.24) is 5.32 Å². The lowest BCUT2D eigenvalue weighted by atomic mass is 10.0. The van der Waals surface area contributed by atoms with Crippen LogP contribution in [0, 0.1) is 0 Å². The number of unbranched alkanes of at least 4 members (excludes halogenated alkanes) is 12. The number of benzene rings is 1. The summed E-state index contributed by atoms with van der Waals surface area (Å²) in [5.41, 5.74) is 1.36. The van der Waals surface area contributed by atoms with Crippen LogP contribution in [0.1, 0.15) is 115 Å². The molecule has 0 spiro atoms. The predicted octanol–water partition coefficient (Wildman–Crippen LogP) is 7.14. The van der Waals surface area contributed by atoms with Gasteiger partial charge in [0.2, 0.25) is 5.91 Å². The van der Waals surface area contributed by atoms with Gasteiger partial charge in [0.25, 0.3) is 0 Å². The van der Waals surface area contributed by atoms with Gasteiger partial charge in [-0.25, -0.2) is 0 Å². The van der Waals surface area contributed by atoms with Gasteiger partial charge in [-0.2, -0.15) is 0 Å². The first-order valence-electron chi connectivity index (χ1n) is 11.7. The predicted molar refractivity (Wildman–Crippen MR) is 116 cm³/mol. The van der Waals surface area contributed by atoms with Gasteiger partial charge in [0, 0.05) is 18.4 Å². The minimum Gasteiger partial charge on any atom is -0.353 e. The minimum absolute atomic E-state index is 0.251. The highest BCUT2D eigenvalue weighted by molar-refractivity contribution is 5.76. The second kappa shape index (κ2) is 13.8. The van der Waals surface area contributed by atoms with Crippen LogP contribution in [0.4, 0.5) is 0 Å². The zero-order valence-corrected chi connectivity index (χ0v) is 17.6. The van der Waals surface area contributed by atoms with Gasteiger partial charge in [-0.15, -0.1) is 0 Å². The Bertz CT molecular complexity index is 498. The third-order valence-corrected chi connectivity index (χ3v) is 5.87. The van der Waals surface area contributed by atoms with E-state index in [0.717, 1.165) is 12.8 Å². The summed E-state index contributed by atoms with van der Waals surface area (Å²) in [6.45, 7) is 2.28. The SMILES string of the molecule is CCCCCCCCCCCCCCCC(=O)NC1CC1c1ccccc1. The molecule has 1 aliphatic rings. The van der Waals surface area contributed by atoms with E-state index in [1.807, 2.05) is 6.07 Å². The molecule has 0 aromatic heterocycles. The van der Waals surface area contributed by atoms with Crippen molar-refractivity contribution in [2.75, 3.05) is 0 Å². The fourth-order valence-electron chi connectivity index (χ4n) is 4.01. The summed E-state index contributed by atoms with van der Waals surface area (Å²) in [5, 5.41) is 3.21. The average molecular weight is 372 g/mol. The summed E-state index contributed by atoms with van der Waals surface area (Å²) in [6.07, 6.45) is 19.4. The molecule has 1 aromatic rings. The number of rotatable bonds is 16. The first-order valence-corrected chi connectivity index (χ1v) is 11.7. The Labute approximate surface area is 167 Å². The monoisotopic (exact) mass is 371 g/mol. The van der Waals surface area contributed by atoms with Crippen molar-refractivity contribution in [3.63, 3.8) is 0 Å². The van der Waals surface area contributed by atoms with Gasteiger partial charge in [0.15, 0.2) is 0 Å². The summed E-state index contributed by atoms with van der Waals surface area (Å²) in [6, 6.07) is 10.9. The van der Waals surface area contributed by atoms with Crippen LogP contribution in [0.15, 0.2) is 30.3 Å². The van der Waals surface area contributed by atoms with Crippen molar-refractivity contribution in [3.05, 3.63) is 35.9 Å². The average Bonchev–Trinajstić information content (AvgIpc) is 3.45. The molecule has 2 nitrogen and oxygen atoms in total. The van der Waals surface area contributed by atoms with Crippen LogP contribution in [-0.2, 0) is 4.79 Å². The van der Waals surface area contributed by atoms with E-state index < -0.39 is 0 Å². The summed E-state index contributed by atoms with van der Waals surface area (Å²) >= 11 is 0. The summed E-state index contributed by atoms with van der Waals surface area (Å²) in [5.74, 6) is 0.795. The molecule has 0 bridgehead atoms. The molecule has 27 heavy (non-hydrogen) atoms. The lowest BCUT2D eigenvalue weighted by Gasteiger charge is -2.05. The Morgan fingerprint density at radius 3 is 1.89 bits per heavy atom. The van der Waals surface area contributed by atoms with E-state index in [-0.39, 0.29) is 5.91 Å². The zero-order valence-electron chi connectivity index (χ0n) is 17.6. The molecular weight excluding hydrogens is 330 g/mol. The topological polar surface area (TPSA) is 29.1 Å². The smallest absolute Gasteiger partial charge is 0.220 e. The third-order valence-electron chi connectivity index (χ3n) is 5.87. The van der Waals surface area contributed by atoms with Crippen LogP contribution in [0.2, 0.25) is 0 Å². The summed E-state index contributed by atoms with van der Waals surface area (Å²) < 4.78 is 0. The molecule has 1 aromatic carbocycles. The highest BCUT2D eigenvalue weighted by atomic mass is 16.1. The molecule has 2 unspecified atom stereocenters. The number of carbonyl (C=O) groups excluding carboxylic acids is 1. The molecule has 2 rings (SSSR count). The summed E-state index contributed by atoms with van der Waals surface area (Å²) in [7, 11) is 0. The molecule has 1 fully saturated rings. The Kier molecular flexibility index (Phi) is 11.2. The quantitative estimate of drug-likeness (QED) is 0.307. The van der Waals surface area contributed by atoms with Gasteiger partial charge in [-0.1, -0.05) is 114 Å². The van der Waals surface area contributed by atoms with Crippen molar-refractivity contribution in [3.8, 4) is 0 Å².